The van der Waals surface area contributed by atoms with Gasteiger partial charge in [0.15, 0.2) is 0 Å². The van der Waals surface area contributed by atoms with Gasteiger partial charge in [-0.05, 0) is 30.3 Å². The monoisotopic (exact) mass is 201 g/mol. The molecule has 15 heavy (non-hydrogen) atoms. The van der Waals surface area contributed by atoms with Gasteiger partial charge in [-0.3, -0.25) is 0 Å². The largest absolute Gasteiger partial charge is 0.313 e. The van der Waals surface area contributed by atoms with Gasteiger partial charge in [-0.2, -0.15) is 0 Å². The van der Waals surface area contributed by atoms with Gasteiger partial charge >= 0.3 is 0 Å². The van der Waals surface area contributed by atoms with Gasteiger partial charge in [0, 0.05) is 6.04 Å². The van der Waals surface area contributed by atoms with Gasteiger partial charge in [-0.1, -0.05) is 49.9 Å². The van der Waals surface area contributed by atoms with Crippen molar-refractivity contribution < 1.29 is 0 Å². The van der Waals surface area contributed by atoms with Crippen molar-refractivity contribution in [3.63, 3.8) is 0 Å². The zero-order valence-electron chi connectivity index (χ0n) is 8.62. The molecule has 0 unspecified atom stereocenters. The SMILES string of the molecule is C.CN[C@H](C)c1cccc2ccccc12. The van der Waals surface area contributed by atoms with E-state index >= 15 is 0 Å². The van der Waals surface area contributed by atoms with E-state index in [0.29, 0.717) is 6.04 Å². The molecule has 1 heteroatoms. The van der Waals surface area contributed by atoms with E-state index in [1.165, 1.54) is 16.3 Å². The van der Waals surface area contributed by atoms with Gasteiger partial charge in [0.2, 0.25) is 0 Å². The first-order valence-electron chi connectivity index (χ1n) is 4.98. The lowest BCUT2D eigenvalue weighted by molar-refractivity contribution is 0.657. The van der Waals surface area contributed by atoms with Crippen LogP contribution >= 0.6 is 0 Å². The first kappa shape index (κ1) is 11.7. The van der Waals surface area contributed by atoms with Crippen LogP contribution in [0.15, 0.2) is 42.5 Å². The number of nitrogens with one attached hydrogen (secondary N) is 1. The number of benzene rings is 2. The molecule has 2 aromatic carbocycles. The highest BCUT2D eigenvalue weighted by Crippen LogP contribution is 2.23. The summed E-state index contributed by atoms with van der Waals surface area (Å²) in [5.74, 6) is 0. The van der Waals surface area contributed by atoms with Crippen molar-refractivity contribution in [3.05, 3.63) is 48.0 Å². The Hall–Kier alpha value is -1.34. The molecular weight excluding hydrogens is 182 g/mol. The van der Waals surface area contributed by atoms with Gasteiger partial charge in [-0.25, -0.2) is 0 Å². The number of hydrogen-bond donors (Lipinski definition) is 1. The summed E-state index contributed by atoms with van der Waals surface area (Å²) < 4.78 is 0. The molecule has 0 aliphatic heterocycles. The summed E-state index contributed by atoms with van der Waals surface area (Å²) in [6.45, 7) is 2.18. The van der Waals surface area contributed by atoms with Gasteiger partial charge in [0.25, 0.3) is 0 Å². The molecule has 2 aromatic rings. The van der Waals surface area contributed by atoms with Gasteiger partial charge in [-0.15, -0.1) is 0 Å². The molecule has 0 saturated carbocycles. The second-order valence-corrected chi connectivity index (χ2v) is 3.58. The first-order chi connectivity index (χ1) is 6.83. The molecular formula is C14H19N. The van der Waals surface area contributed by atoms with Crippen molar-refractivity contribution >= 4 is 10.8 Å². The lowest BCUT2D eigenvalue weighted by Gasteiger charge is -2.13. The molecule has 0 bridgehead atoms. The van der Waals surface area contributed by atoms with Crippen molar-refractivity contribution in [3.8, 4) is 0 Å². The number of hydrogen-bond acceptors (Lipinski definition) is 1. The number of fused-ring (bicyclic) bond motifs is 1. The molecule has 0 aromatic heterocycles. The van der Waals surface area contributed by atoms with E-state index in [1.807, 2.05) is 7.05 Å². The van der Waals surface area contributed by atoms with Crippen molar-refractivity contribution in [2.45, 2.75) is 20.4 Å². The van der Waals surface area contributed by atoms with E-state index in [1.54, 1.807) is 0 Å². The molecule has 1 atom stereocenters. The highest BCUT2D eigenvalue weighted by Gasteiger charge is 2.05. The maximum Gasteiger partial charge on any atom is 0.0295 e. The second-order valence-electron chi connectivity index (χ2n) is 3.58. The van der Waals surface area contributed by atoms with Crippen LogP contribution in [-0.4, -0.2) is 7.05 Å². The zero-order valence-corrected chi connectivity index (χ0v) is 8.62. The smallest absolute Gasteiger partial charge is 0.0295 e. The Balaban J connectivity index is 0.00000112. The second kappa shape index (κ2) is 4.94. The normalized spacial score (nSPS) is 12.1. The highest BCUT2D eigenvalue weighted by atomic mass is 14.8. The van der Waals surface area contributed by atoms with E-state index < -0.39 is 0 Å². The van der Waals surface area contributed by atoms with Crippen molar-refractivity contribution in [2.75, 3.05) is 7.05 Å². The van der Waals surface area contributed by atoms with Crippen LogP contribution in [0, 0.1) is 0 Å². The Morgan fingerprint density at radius 2 is 1.67 bits per heavy atom. The van der Waals surface area contributed by atoms with Gasteiger partial charge < -0.3 is 5.32 Å². The lowest BCUT2D eigenvalue weighted by Crippen LogP contribution is -2.12. The summed E-state index contributed by atoms with van der Waals surface area (Å²) in [5.41, 5.74) is 1.37. The molecule has 0 aliphatic rings. The first-order valence-corrected chi connectivity index (χ1v) is 4.98. The molecule has 0 heterocycles. The highest BCUT2D eigenvalue weighted by molar-refractivity contribution is 5.86. The Morgan fingerprint density at radius 1 is 1.00 bits per heavy atom. The molecule has 80 valence electrons. The van der Waals surface area contributed by atoms with Crippen molar-refractivity contribution in [2.24, 2.45) is 0 Å². The Bertz CT molecular complexity index is 429. The van der Waals surface area contributed by atoms with Crippen LogP contribution in [-0.2, 0) is 0 Å². The fourth-order valence-corrected chi connectivity index (χ4v) is 1.78. The van der Waals surface area contributed by atoms with Crippen LogP contribution in [0.4, 0.5) is 0 Å². The van der Waals surface area contributed by atoms with E-state index in [4.69, 9.17) is 0 Å². The molecule has 1 nitrogen and oxygen atoms in total. The summed E-state index contributed by atoms with van der Waals surface area (Å²) in [6.07, 6.45) is 0. The molecule has 2 rings (SSSR count). The van der Waals surface area contributed by atoms with Crippen LogP contribution in [0.2, 0.25) is 0 Å². The summed E-state index contributed by atoms with van der Waals surface area (Å²) in [7, 11) is 1.99. The number of rotatable bonds is 2. The minimum Gasteiger partial charge on any atom is -0.313 e. The summed E-state index contributed by atoms with van der Waals surface area (Å²) in [5, 5.41) is 5.93. The van der Waals surface area contributed by atoms with E-state index in [-0.39, 0.29) is 7.43 Å². The van der Waals surface area contributed by atoms with Crippen LogP contribution in [0.3, 0.4) is 0 Å². The van der Waals surface area contributed by atoms with Gasteiger partial charge in [0.1, 0.15) is 0 Å². The molecule has 0 fully saturated rings. The molecule has 0 aliphatic carbocycles. The zero-order chi connectivity index (χ0) is 9.97. The minimum absolute atomic E-state index is 0. The van der Waals surface area contributed by atoms with Crippen LogP contribution < -0.4 is 5.32 Å². The topological polar surface area (TPSA) is 12.0 Å². The third-order valence-electron chi connectivity index (χ3n) is 2.72. The fraction of sp³-hybridized carbons (Fsp3) is 0.286. The molecule has 1 N–H and O–H groups in total. The minimum atomic E-state index is 0. The molecule has 0 radical (unpaired) electrons. The van der Waals surface area contributed by atoms with E-state index in [2.05, 4.69) is 54.7 Å². The standard InChI is InChI=1S/C13H15N.CH4/c1-10(14-2)12-9-5-7-11-6-3-4-8-13(11)12;/h3-10,14H,1-2H3;1H4/t10-;/m1./s1. The lowest BCUT2D eigenvalue weighted by atomic mass is 10.00. The maximum absolute atomic E-state index is 3.27. The third-order valence-corrected chi connectivity index (χ3v) is 2.72. The average Bonchev–Trinajstić information content (AvgIpc) is 2.27. The maximum atomic E-state index is 3.27. The molecule has 0 spiro atoms. The van der Waals surface area contributed by atoms with Crippen molar-refractivity contribution in [1.82, 2.24) is 5.32 Å². The molecule has 0 amide bonds. The van der Waals surface area contributed by atoms with Crippen LogP contribution in [0.5, 0.6) is 0 Å². The van der Waals surface area contributed by atoms with Crippen LogP contribution in [0.25, 0.3) is 10.8 Å². The predicted molar refractivity (Wildman–Crippen MR) is 68.2 cm³/mol. The quantitative estimate of drug-likeness (QED) is 0.780. The summed E-state index contributed by atoms with van der Waals surface area (Å²) >= 11 is 0. The average molecular weight is 201 g/mol. The van der Waals surface area contributed by atoms with Gasteiger partial charge in [0.05, 0.1) is 0 Å². The third kappa shape index (κ3) is 2.18. The summed E-state index contributed by atoms with van der Waals surface area (Å²) in [6, 6.07) is 15.4. The Labute approximate surface area is 92.1 Å². The fourth-order valence-electron chi connectivity index (χ4n) is 1.78. The van der Waals surface area contributed by atoms with E-state index in [0.717, 1.165) is 0 Å². The summed E-state index contributed by atoms with van der Waals surface area (Å²) in [4.78, 5) is 0. The predicted octanol–water partition coefficient (Wildman–Crippen LogP) is 3.76. The van der Waals surface area contributed by atoms with Crippen molar-refractivity contribution in [1.29, 1.82) is 0 Å². The Morgan fingerprint density at radius 3 is 2.40 bits per heavy atom. The molecule has 0 saturated heterocycles. The van der Waals surface area contributed by atoms with Crippen LogP contribution in [0.1, 0.15) is 26.0 Å². The van der Waals surface area contributed by atoms with E-state index in [9.17, 15) is 0 Å². The Kier molecular flexibility index (Phi) is 3.87.